The van der Waals surface area contributed by atoms with E-state index in [-0.39, 0.29) is 11.7 Å². The Morgan fingerprint density at radius 3 is 2.70 bits per heavy atom. The number of ether oxygens (including phenoxy) is 1. The summed E-state index contributed by atoms with van der Waals surface area (Å²) in [5.74, 6) is -1.74. The Bertz CT molecular complexity index is 958. The number of nitrogens with one attached hydrogen (secondary N) is 1. The summed E-state index contributed by atoms with van der Waals surface area (Å²) in [6.07, 6.45) is 1.43. The molecule has 0 bridgehead atoms. The van der Waals surface area contributed by atoms with Crippen molar-refractivity contribution in [3.05, 3.63) is 53.6 Å². The zero-order valence-corrected chi connectivity index (χ0v) is 16.8. The van der Waals surface area contributed by atoms with Crippen molar-refractivity contribution < 1.29 is 18.3 Å². The van der Waals surface area contributed by atoms with Gasteiger partial charge in [-0.25, -0.2) is 8.78 Å². The molecule has 1 saturated heterocycles. The van der Waals surface area contributed by atoms with Crippen molar-refractivity contribution in [3.8, 4) is 0 Å². The number of amides is 1. The molecule has 2 heterocycles. The summed E-state index contributed by atoms with van der Waals surface area (Å²) in [6, 6.07) is 8.95. The molecule has 0 radical (unpaired) electrons. The van der Waals surface area contributed by atoms with Crippen LogP contribution in [0.4, 0.5) is 25.8 Å². The van der Waals surface area contributed by atoms with E-state index in [1.165, 1.54) is 30.5 Å². The van der Waals surface area contributed by atoms with Gasteiger partial charge in [-0.3, -0.25) is 14.7 Å². The fourth-order valence-electron chi connectivity index (χ4n) is 3.83. The lowest BCUT2D eigenvalue weighted by Gasteiger charge is -2.36. The van der Waals surface area contributed by atoms with E-state index in [4.69, 9.17) is 4.74 Å². The van der Waals surface area contributed by atoms with Crippen LogP contribution in [0.1, 0.15) is 11.5 Å². The van der Waals surface area contributed by atoms with E-state index in [2.05, 4.69) is 15.2 Å². The number of aliphatic imine (C=N–C) groups is 1. The molecule has 1 N–H and O–H groups in total. The van der Waals surface area contributed by atoms with E-state index in [9.17, 15) is 13.6 Å². The number of rotatable bonds is 6. The molecule has 4 rings (SSSR count). The van der Waals surface area contributed by atoms with Crippen LogP contribution in [0.2, 0.25) is 0 Å². The lowest BCUT2D eigenvalue weighted by Crippen LogP contribution is -2.47. The van der Waals surface area contributed by atoms with Crippen LogP contribution in [-0.4, -0.2) is 63.5 Å². The quantitative estimate of drug-likeness (QED) is 0.738. The highest BCUT2D eigenvalue weighted by Crippen LogP contribution is 2.33. The molecule has 1 fully saturated rings. The molecule has 2 aliphatic heterocycles. The summed E-state index contributed by atoms with van der Waals surface area (Å²) < 4.78 is 33.4. The van der Waals surface area contributed by atoms with Gasteiger partial charge in [0.05, 0.1) is 18.0 Å². The topological polar surface area (TPSA) is 57.2 Å². The van der Waals surface area contributed by atoms with Gasteiger partial charge in [-0.05, 0) is 35.9 Å². The van der Waals surface area contributed by atoms with Crippen molar-refractivity contribution >= 4 is 29.2 Å². The number of carbonyl (C=O) groups is 1. The minimum absolute atomic E-state index is 0.275. The molecular weight excluding hydrogens is 390 g/mol. The third-order valence-corrected chi connectivity index (χ3v) is 5.52. The van der Waals surface area contributed by atoms with Gasteiger partial charge in [0.15, 0.2) is 0 Å². The Balaban J connectivity index is 1.43. The monoisotopic (exact) mass is 414 g/mol. The van der Waals surface area contributed by atoms with Crippen LogP contribution >= 0.6 is 0 Å². The average Bonchev–Trinajstić information content (AvgIpc) is 3.05. The Kier molecular flexibility index (Phi) is 6.06. The summed E-state index contributed by atoms with van der Waals surface area (Å²) >= 11 is 0. The molecule has 1 unspecified atom stereocenters. The zero-order valence-electron chi connectivity index (χ0n) is 16.8. The molecule has 0 spiro atoms. The Labute approximate surface area is 174 Å². The molecule has 2 aliphatic rings. The highest BCUT2D eigenvalue weighted by atomic mass is 19.1. The van der Waals surface area contributed by atoms with Crippen molar-refractivity contribution in [2.24, 2.45) is 4.99 Å². The van der Waals surface area contributed by atoms with Crippen molar-refractivity contribution in [2.75, 3.05) is 56.7 Å². The summed E-state index contributed by atoms with van der Waals surface area (Å²) in [4.78, 5) is 20.8. The molecule has 0 aromatic heterocycles. The van der Waals surface area contributed by atoms with Crippen LogP contribution in [0, 0.1) is 11.6 Å². The number of halogens is 2. The molecule has 2 aromatic rings. The second-order valence-electron chi connectivity index (χ2n) is 7.43. The second kappa shape index (κ2) is 8.89. The molecule has 158 valence electrons. The maximum absolute atomic E-state index is 14.7. The van der Waals surface area contributed by atoms with Gasteiger partial charge in [0.1, 0.15) is 17.6 Å². The van der Waals surface area contributed by atoms with Crippen LogP contribution in [-0.2, 0) is 9.53 Å². The van der Waals surface area contributed by atoms with E-state index < -0.39 is 11.7 Å². The number of carbonyl (C=O) groups excluding carboxylic acids is 1. The molecule has 8 heteroatoms. The molecule has 1 atom stereocenters. The third kappa shape index (κ3) is 4.34. The Morgan fingerprint density at radius 1 is 1.17 bits per heavy atom. The minimum Gasteiger partial charge on any atom is -0.383 e. The van der Waals surface area contributed by atoms with Gasteiger partial charge in [-0.2, -0.15) is 0 Å². The van der Waals surface area contributed by atoms with Crippen molar-refractivity contribution in [2.45, 2.75) is 5.92 Å². The number of anilines is 2. The fourth-order valence-corrected chi connectivity index (χ4v) is 3.83. The number of fused-ring (bicyclic) bond motifs is 1. The largest absolute Gasteiger partial charge is 0.383 e. The van der Waals surface area contributed by atoms with E-state index in [1.807, 2.05) is 4.90 Å². The predicted octanol–water partition coefficient (Wildman–Crippen LogP) is 3.17. The first-order chi connectivity index (χ1) is 14.5. The third-order valence-electron chi connectivity index (χ3n) is 5.52. The first kappa shape index (κ1) is 20.4. The molecule has 6 nitrogen and oxygen atoms in total. The van der Waals surface area contributed by atoms with Gasteiger partial charge in [0.2, 0.25) is 5.91 Å². The second-order valence-corrected chi connectivity index (χ2v) is 7.43. The van der Waals surface area contributed by atoms with E-state index in [0.717, 1.165) is 32.7 Å². The lowest BCUT2D eigenvalue weighted by atomic mass is 10.0. The molecule has 0 aliphatic carbocycles. The molecular formula is C22H24F2N4O2. The SMILES string of the molecule is COCCN1CCN(c2ccc(N=CC3C(=O)Nc4ccc(F)cc43)cc2F)CC1. The summed E-state index contributed by atoms with van der Waals surface area (Å²) in [7, 11) is 1.69. The van der Waals surface area contributed by atoms with E-state index >= 15 is 0 Å². The van der Waals surface area contributed by atoms with Gasteiger partial charge in [0.25, 0.3) is 0 Å². The maximum atomic E-state index is 14.7. The number of hydrogen-bond acceptors (Lipinski definition) is 5. The van der Waals surface area contributed by atoms with Crippen molar-refractivity contribution in [3.63, 3.8) is 0 Å². The van der Waals surface area contributed by atoms with E-state index in [1.54, 1.807) is 19.2 Å². The van der Waals surface area contributed by atoms with Crippen LogP contribution in [0.25, 0.3) is 0 Å². The number of piperazine rings is 1. The standard InChI is InChI=1S/C22H24F2N4O2/c1-30-11-10-27-6-8-28(9-7-27)21-5-3-16(13-19(21)24)25-14-18-17-12-15(23)2-4-20(17)26-22(18)29/h2-5,12-14,18H,6-11H2,1H3,(H,26,29). The van der Waals surface area contributed by atoms with Crippen molar-refractivity contribution in [1.29, 1.82) is 0 Å². The molecule has 1 amide bonds. The maximum Gasteiger partial charge on any atom is 0.237 e. The van der Waals surface area contributed by atoms with E-state index in [0.29, 0.717) is 29.2 Å². The van der Waals surface area contributed by atoms with Gasteiger partial charge < -0.3 is 15.0 Å². The Morgan fingerprint density at radius 2 is 1.97 bits per heavy atom. The highest BCUT2D eigenvalue weighted by Gasteiger charge is 2.29. The number of nitrogens with zero attached hydrogens (tertiary/aromatic N) is 3. The van der Waals surface area contributed by atoms with Crippen LogP contribution < -0.4 is 10.2 Å². The van der Waals surface area contributed by atoms with Gasteiger partial charge >= 0.3 is 0 Å². The smallest absolute Gasteiger partial charge is 0.237 e. The predicted molar refractivity (Wildman–Crippen MR) is 113 cm³/mol. The van der Waals surface area contributed by atoms with Crippen molar-refractivity contribution in [1.82, 2.24) is 4.90 Å². The lowest BCUT2D eigenvalue weighted by molar-refractivity contribution is -0.115. The first-order valence-corrected chi connectivity index (χ1v) is 9.95. The zero-order chi connectivity index (χ0) is 21.1. The molecule has 2 aromatic carbocycles. The molecule has 30 heavy (non-hydrogen) atoms. The van der Waals surface area contributed by atoms with Crippen LogP contribution in [0.3, 0.4) is 0 Å². The van der Waals surface area contributed by atoms with Gasteiger partial charge in [-0.15, -0.1) is 0 Å². The summed E-state index contributed by atoms with van der Waals surface area (Å²) in [5.41, 5.74) is 2.07. The van der Waals surface area contributed by atoms with Crippen LogP contribution in [0.15, 0.2) is 41.4 Å². The number of hydrogen-bond donors (Lipinski definition) is 1. The number of methoxy groups -OCH3 is 1. The van der Waals surface area contributed by atoms with Gasteiger partial charge in [0, 0.05) is 57.8 Å². The molecule has 0 saturated carbocycles. The fraction of sp³-hybridized carbons (Fsp3) is 0.364. The van der Waals surface area contributed by atoms with Crippen LogP contribution in [0.5, 0.6) is 0 Å². The number of benzene rings is 2. The highest BCUT2D eigenvalue weighted by molar-refractivity contribution is 6.12. The normalized spacial score (nSPS) is 19.4. The summed E-state index contributed by atoms with van der Waals surface area (Å²) in [6.45, 7) is 4.77. The average molecular weight is 414 g/mol. The van der Waals surface area contributed by atoms with Gasteiger partial charge in [-0.1, -0.05) is 0 Å². The summed E-state index contributed by atoms with van der Waals surface area (Å²) in [5, 5.41) is 2.70. The Hall–Kier alpha value is -2.84. The minimum atomic E-state index is -0.696. The first-order valence-electron chi connectivity index (χ1n) is 9.95.